The lowest BCUT2D eigenvalue weighted by Gasteiger charge is -2.43. The number of ether oxygens (including phenoxy) is 2. The highest BCUT2D eigenvalue weighted by molar-refractivity contribution is 5.96. The van der Waals surface area contributed by atoms with Crippen LogP contribution in [-0.2, 0) is 16.0 Å². The highest BCUT2D eigenvalue weighted by atomic mass is 16.5. The molecular formula is C46H67N11O8. The second-order valence-corrected chi connectivity index (χ2v) is 17.9. The van der Waals surface area contributed by atoms with Gasteiger partial charge in [-0.2, -0.15) is 0 Å². The Morgan fingerprint density at radius 1 is 0.862 bits per heavy atom. The molecule has 354 valence electrons. The number of nitrogens with two attached hydrogens (primary N) is 1. The normalized spacial score (nSPS) is 25.0. The Bertz CT molecular complexity index is 2110. The molecule has 2 aromatic carbocycles. The molecule has 3 aromatic rings. The first kappa shape index (κ1) is 46.8. The van der Waals surface area contributed by atoms with Crippen molar-refractivity contribution in [3.63, 3.8) is 0 Å². The Balaban J connectivity index is 0.761. The summed E-state index contributed by atoms with van der Waals surface area (Å²) in [7, 11) is 1.67. The molecule has 5 unspecified atom stereocenters. The van der Waals surface area contributed by atoms with E-state index >= 15 is 0 Å². The third-order valence-corrected chi connectivity index (χ3v) is 13.7. The molecular weight excluding hydrogens is 835 g/mol. The van der Waals surface area contributed by atoms with E-state index in [0.29, 0.717) is 84.8 Å². The van der Waals surface area contributed by atoms with Gasteiger partial charge in [0.25, 0.3) is 5.91 Å². The van der Waals surface area contributed by atoms with Gasteiger partial charge in [0.15, 0.2) is 17.3 Å². The monoisotopic (exact) mass is 902 g/mol. The van der Waals surface area contributed by atoms with E-state index in [1.807, 2.05) is 19.1 Å². The van der Waals surface area contributed by atoms with Gasteiger partial charge in [0.2, 0.25) is 5.91 Å². The van der Waals surface area contributed by atoms with E-state index in [0.717, 1.165) is 95.8 Å². The van der Waals surface area contributed by atoms with Crippen LogP contribution in [-0.4, -0.2) is 154 Å². The summed E-state index contributed by atoms with van der Waals surface area (Å²) < 4.78 is 11.4. The van der Waals surface area contributed by atoms with Gasteiger partial charge in [-0.05, 0) is 88.6 Å². The van der Waals surface area contributed by atoms with Gasteiger partial charge in [0.05, 0.1) is 24.5 Å². The maximum atomic E-state index is 12.9. The van der Waals surface area contributed by atoms with E-state index in [1.54, 1.807) is 25.3 Å². The molecule has 5 aliphatic heterocycles. The van der Waals surface area contributed by atoms with Crippen molar-refractivity contribution in [2.45, 2.75) is 114 Å². The van der Waals surface area contributed by atoms with E-state index in [4.69, 9.17) is 20.2 Å². The molecule has 0 saturated carbocycles. The second-order valence-electron chi connectivity index (χ2n) is 17.9. The van der Waals surface area contributed by atoms with Crippen LogP contribution in [0.2, 0.25) is 0 Å². The summed E-state index contributed by atoms with van der Waals surface area (Å²) >= 11 is 0. The number of primary amides is 1. The maximum Gasteiger partial charge on any atom is 0.271 e. The lowest BCUT2D eigenvalue weighted by molar-refractivity contribution is -0.159. The molecule has 4 fully saturated rings. The fourth-order valence-electron chi connectivity index (χ4n) is 10.1. The number of amides is 2. The van der Waals surface area contributed by atoms with Crippen molar-refractivity contribution >= 4 is 40.5 Å². The van der Waals surface area contributed by atoms with Crippen molar-refractivity contribution in [3.8, 4) is 5.75 Å². The number of benzene rings is 2. The molecule has 0 spiro atoms. The Labute approximate surface area is 380 Å². The number of carbonyl (C=O) groups excluding carboxylic acids is 2. The summed E-state index contributed by atoms with van der Waals surface area (Å²) in [5.74, 6) is 0.925. The van der Waals surface area contributed by atoms with Crippen molar-refractivity contribution < 1.29 is 39.5 Å². The van der Waals surface area contributed by atoms with Gasteiger partial charge in [-0.3, -0.25) is 19.8 Å². The van der Waals surface area contributed by atoms with Crippen LogP contribution in [0, 0.1) is 0 Å². The number of aromatic nitrogens is 2. The van der Waals surface area contributed by atoms with Gasteiger partial charge in [-0.25, -0.2) is 14.9 Å². The van der Waals surface area contributed by atoms with Crippen molar-refractivity contribution in [2.75, 3.05) is 87.0 Å². The number of aliphatic hydroxyl groups excluding tert-OH is 4. The zero-order valence-electron chi connectivity index (χ0n) is 37.6. The number of hydrogen-bond acceptors (Lipinski definition) is 17. The van der Waals surface area contributed by atoms with Crippen LogP contribution in [0.15, 0.2) is 36.4 Å². The zero-order chi connectivity index (χ0) is 45.6. The lowest BCUT2D eigenvalue weighted by Crippen LogP contribution is -2.57. The molecule has 10 N–H and O–H groups in total. The molecule has 6 heterocycles. The van der Waals surface area contributed by atoms with Crippen LogP contribution in [0.25, 0.3) is 0 Å². The van der Waals surface area contributed by atoms with Crippen LogP contribution in [0.1, 0.15) is 104 Å². The summed E-state index contributed by atoms with van der Waals surface area (Å²) in [5, 5.41) is 54.8. The number of methoxy groups -OCH3 is 1. The highest BCUT2D eigenvalue weighted by Gasteiger charge is 2.45. The number of anilines is 5. The predicted molar refractivity (Wildman–Crippen MR) is 246 cm³/mol. The van der Waals surface area contributed by atoms with Gasteiger partial charge >= 0.3 is 0 Å². The van der Waals surface area contributed by atoms with Crippen LogP contribution in [0.3, 0.4) is 0 Å². The summed E-state index contributed by atoms with van der Waals surface area (Å²) in [6, 6.07) is 11.2. The molecule has 4 saturated heterocycles. The molecule has 19 heteroatoms. The number of aryl methyl sites for hydroxylation is 1. The molecule has 0 aliphatic carbocycles. The molecule has 5 aliphatic rings. The van der Waals surface area contributed by atoms with Crippen molar-refractivity contribution in [3.05, 3.63) is 58.9 Å². The summed E-state index contributed by atoms with van der Waals surface area (Å²) in [6.07, 6.45) is 3.06. The molecule has 2 amide bonds. The smallest absolute Gasteiger partial charge is 0.271 e. The number of rotatable bonds is 16. The minimum absolute atomic E-state index is 0.0950. The number of nitrogens with zero attached hydrogens (tertiary/aromatic N) is 6. The number of piperidine rings is 2. The average molecular weight is 902 g/mol. The number of nitrogens with one attached hydrogen (secondary N) is 4. The zero-order valence-corrected chi connectivity index (χ0v) is 37.6. The molecule has 0 radical (unpaired) electrons. The van der Waals surface area contributed by atoms with E-state index in [2.05, 4.69) is 47.0 Å². The largest absolute Gasteiger partial charge is 0.495 e. The quantitative estimate of drug-likeness (QED) is 0.0938. The summed E-state index contributed by atoms with van der Waals surface area (Å²) in [4.78, 5) is 43.8. The first-order valence-corrected chi connectivity index (χ1v) is 23.4. The van der Waals surface area contributed by atoms with E-state index in [1.165, 1.54) is 4.90 Å². The minimum Gasteiger partial charge on any atom is -0.495 e. The Kier molecular flexibility index (Phi) is 15.3. The van der Waals surface area contributed by atoms with Crippen LogP contribution in [0.4, 0.5) is 28.7 Å². The van der Waals surface area contributed by atoms with Gasteiger partial charge < -0.3 is 61.4 Å². The fraction of sp³-hybridized carbons (Fsp3) is 0.609. The second kappa shape index (κ2) is 21.3. The molecule has 19 nitrogen and oxygen atoms in total. The maximum absolute atomic E-state index is 12.9. The van der Waals surface area contributed by atoms with Crippen LogP contribution >= 0.6 is 0 Å². The number of aliphatic hydroxyl groups is 4. The Morgan fingerprint density at radius 2 is 1.60 bits per heavy atom. The van der Waals surface area contributed by atoms with Crippen LogP contribution < -0.4 is 36.6 Å². The fourth-order valence-corrected chi connectivity index (χ4v) is 10.1. The first-order chi connectivity index (χ1) is 31.5. The minimum atomic E-state index is -1.16. The molecule has 1 aromatic heterocycles. The molecule has 65 heavy (non-hydrogen) atoms. The third kappa shape index (κ3) is 11.0. The average Bonchev–Trinajstić information content (AvgIpc) is 3.55. The number of unbranched alkanes of at least 4 members (excludes halogenated alkanes) is 1. The van der Waals surface area contributed by atoms with E-state index in [9.17, 15) is 30.0 Å². The Hall–Kier alpha value is -4.70. The molecule has 8 rings (SSSR count). The predicted octanol–water partition coefficient (Wildman–Crippen LogP) is 2.56. The van der Waals surface area contributed by atoms with Gasteiger partial charge in [-0.1, -0.05) is 13.0 Å². The summed E-state index contributed by atoms with van der Waals surface area (Å²) in [5.41, 5.74) is 9.86. The number of hydrogen-bond donors (Lipinski definition) is 9. The van der Waals surface area contributed by atoms with Crippen molar-refractivity contribution in [2.24, 2.45) is 5.73 Å². The van der Waals surface area contributed by atoms with Gasteiger partial charge in [-0.15, -0.1) is 0 Å². The van der Waals surface area contributed by atoms with Crippen molar-refractivity contribution in [1.29, 1.82) is 0 Å². The Morgan fingerprint density at radius 3 is 2.31 bits per heavy atom. The molecule has 0 bridgehead atoms. The van der Waals surface area contributed by atoms with E-state index < -0.39 is 36.9 Å². The van der Waals surface area contributed by atoms with Crippen molar-refractivity contribution in [1.82, 2.24) is 30.0 Å². The number of piperazine rings is 1. The van der Waals surface area contributed by atoms with Gasteiger partial charge in [0.1, 0.15) is 30.7 Å². The summed E-state index contributed by atoms with van der Waals surface area (Å²) in [6.45, 7) is 10.2. The third-order valence-electron chi connectivity index (χ3n) is 13.7. The topological polar surface area (TPSA) is 246 Å². The highest BCUT2D eigenvalue weighted by Crippen LogP contribution is 2.44. The van der Waals surface area contributed by atoms with Gasteiger partial charge in [0, 0.05) is 99.6 Å². The standard InChI is InChI=1S/C46H67N11O8/c1-3-34-42(49-28-15-24-65-25-16-28)53-43(40(51-34)41(47)60)50-30-8-10-35(37(27-30)64-2)56-18-13-31(14-19-56)55-22-20-54(21-23-55)17-5-4-6-38(58)48-29-7-9-32-33(26-29)46(63)57(45(32)62)36-11-12-39(59)52-44(36)61/h7-10,26-28,31,36,39,44-46,52,59,61-63H,3-6,11-25H2,1-2H3,(H2,47,60)(H,48,58)(H2,49,50,53). The number of fused-ring (bicyclic) bond motifs is 1. The first-order valence-electron chi connectivity index (χ1n) is 23.4. The number of carbonyl (C=O) groups is 2. The SMILES string of the molecule is CCc1nc(C(N)=O)c(Nc2ccc(N3CCC(N4CCN(CCCCC(=O)Nc5ccc6c(c5)C(O)N(C5CCC(O)NC5O)C6O)CC4)CC3)c(OC)c2)nc1NC1CCOCC1. The van der Waals surface area contributed by atoms with E-state index in [-0.39, 0.29) is 17.6 Å². The molecule has 5 atom stereocenters. The lowest BCUT2D eigenvalue weighted by atomic mass is 10.0. The van der Waals surface area contributed by atoms with Crippen LogP contribution in [0.5, 0.6) is 5.75 Å².